The Labute approximate surface area is 85.1 Å². The molecule has 1 saturated carbocycles. The first kappa shape index (κ1) is 8.82. The maximum atomic E-state index is 11.6. The number of carbonyl (C=O) groups is 1. The molecule has 0 aromatic carbocycles. The quantitative estimate of drug-likeness (QED) is 0.654. The standard InChI is InChI=1S/C9H11BrOS/c10-7-5-12-8-4-2-1-3-6(8)9(7)11/h5-6,8H,1-4H2. The van der Waals surface area contributed by atoms with Gasteiger partial charge >= 0.3 is 0 Å². The second-order valence-electron chi connectivity index (χ2n) is 3.40. The van der Waals surface area contributed by atoms with Gasteiger partial charge in [-0.15, -0.1) is 11.8 Å². The Bertz CT molecular complexity index is 237. The molecule has 0 aromatic heterocycles. The molecule has 12 heavy (non-hydrogen) atoms. The van der Waals surface area contributed by atoms with Crippen molar-refractivity contribution in [2.45, 2.75) is 30.9 Å². The van der Waals surface area contributed by atoms with Crippen molar-refractivity contribution >= 4 is 33.5 Å². The highest BCUT2D eigenvalue weighted by molar-refractivity contribution is 9.12. The SMILES string of the molecule is O=C1C(Br)=CSC2CCCCC12. The number of fused-ring (bicyclic) bond motifs is 1. The molecule has 66 valence electrons. The second-order valence-corrected chi connectivity index (χ2v) is 5.36. The normalized spacial score (nSPS) is 35.8. The van der Waals surface area contributed by atoms with Crippen LogP contribution in [0.25, 0.3) is 0 Å². The average molecular weight is 247 g/mol. The fourth-order valence-corrected chi connectivity index (χ4v) is 3.72. The van der Waals surface area contributed by atoms with E-state index in [1.807, 2.05) is 17.2 Å². The first-order chi connectivity index (χ1) is 5.79. The van der Waals surface area contributed by atoms with E-state index in [2.05, 4.69) is 15.9 Å². The third kappa shape index (κ3) is 1.49. The first-order valence-corrected chi connectivity index (χ1v) is 6.08. The Morgan fingerprint density at radius 1 is 1.42 bits per heavy atom. The number of thioether (sulfide) groups is 1. The monoisotopic (exact) mass is 246 g/mol. The molecular weight excluding hydrogens is 236 g/mol. The largest absolute Gasteiger partial charge is 0.293 e. The van der Waals surface area contributed by atoms with Crippen LogP contribution in [0.2, 0.25) is 0 Å². The Balaban J connectivity index is 2.19. The Kier molecular flexibility index (Phi) is 2.60. The van der Waals surface area contributed by atoms with E-state index in [0.29, 0.717) is 17.0 Å². The number of halogens is 1. The summed E-state index contributed by atoms with van der Waals surface area (Å²) in [6.45, 7) is 0. The third-order valence-electron chi connectivity index (χ3n) is 2.62. The highest BCUT2D eigenvalue weighted by atomic mass is 79.9. The van der Waals surface area contributed by atoms with Crippen molar-refractivity contribution in [2.24, 2.45) is 5.92 Å². The first-order valence-electron chi connectivity index (χ1n) is 4.34. The molecule has 0 saturated heterocycles. The van der Waals surface area contributed by atoms with Crippen molar-refractivity contribution in [1.82, 2.24) is 0 Å². The van der Waals surface area contributed by atoms with Crippen molar-refractivity contribution in [3.8, 4) is 0 Å². The van der Waals surface area contributed by atoms with Crippen LogP contribution in [0.1, 0.15) is 25.7 Å². The van der Waals surface area contributed by atoms with Crippen LogP contribution >= 0.6 is 27.7 Å². The third-order valence-corrected chi connectivity index (χ3v) is 4.83. The predicted octanol–water partition coefficient (Wildman–Crippen LogP) is 3.10. The van der Waals surface area contributed by atoms with Gasteiger partial charge in [0.15, 0.2) is 5.78 Å². The highest BCUT2D eigenvalue weighted by Crippen LogP contribution is 2.41. The maximum Gasteiger partial charge on any atom is 0.174 e. The summed E-state index contributed by atoms with van der Waals surface area (Å²) < 4.78 is 0.788. The summed E-state index contributed by atoms with van der Waals surface area (Å²) in [7, 11) is 0. The molecule has 0 N–H and O–H groups in total. The molecule has 1 aliphatic carbocycles. The van der Waals surface area contributed by atoms with Crippen LogP contribution in [0.15, 0.2) is 9.89 Å². The molecule has 3 heteroatoms. The minimum absolute atomic E-state index is 0.308. The summed E-state index contributed by atoms with van der Waals surface area (Å²) in [5, 5.41) is 2.54. The van der Waals surface area contributed by atoms with Gasteiger partial charge in [-0.1, -0.05) is 12.8 Å². The lowest BCUT2D eigenvalue weighted by Crippen LogP contribution is -2.31. The van der Waals surface area contributed by atoms with Gasteiger partial charge in [0, 0.05) is 11.2 Å². The topological polar surface area (TPSA) is 17.1 Å². The van der Waals surface area contributed by atoms with E-state index in [4.69, 9.17) is 0 Å². The smallest absolute Gasteiger partial charge is 0.174 e. The highest BCUT2D eigenvalue weighted by Gasteiger charge is 2.34. The van der Waals surface area contributed by atoms with Crippen molar-refractivity contribution in [3.05, 3.63) is 9.89 Å². The van der Waals surface area contributed by atoms with E-state index in [9.17, 15) is 4.79 Å². The van der Waals surface area contributed by atoms with Crippen molar-refractivity contribution in [2.75, 3.05) is 0 Å². The average Bonchev–Trinajstić information content (AvgIpc) is 2.12. The van der Waals surface area contributed by atoms with E-state index in [1.54, 1.807) is 0 Å². The minimum atomic E-state index is 0.308. The summed E-state index contributed by atoms with van der Waals surface area (Å²) in [5.74, 6) is 0.640. The van der Waals surface area contributed by atoms with Crippen molar-refractivity contribution < 1.29 is 4.79 Å². The Morgan fingerprint density at radius 3 is 3.00 bits per heavy atom. The van der Waals surface area contributed by atoms with Crippen LogP contribution in [0.5, 0.6) is 0 Å². The summed E-state index contributed by atoms with van der Waals surface area (Å²) in [5.41, 5.74) is 0. The maximum absolute atomic E-state index is 11.6. The summed E-state index contributed by atoms with van der Waals surface area (Å²) in [4.78, 5) is 11.6. The molecular formula is C9H11BrOS. The lowest BCUT2D eigenvalue weighted by atomic mass is 9.85. The van der Waals surface area contributed by atoms with Crippen LogP contribution in [0.3, 0.4) is 0 Å². The molecule has 0 spiro atoms. The summed E-state index contributed by atoms with van der Waals surface area (Å²) in [6, 6.07) is 0. The lowest BCUT2D eigenvalue weighted by molar-refractivity contribution is -0.119. The molecule has 2 unspecified atom stereocenters. The van der Waals surface area contributed by atoms with Gasteiger partial charge in [-0.2, -0.15) is 0 Å². The van der Waals surface area contributed by atoms with E-state index in [-0.39, 0.29) is 0 Å². The summed E-state index contributed by atoms with van der Waals surface area (Å²) >= 11 is 5.14. The van der Waals surface area contributed by atoms with Gasteiger partial charge in [0.05, 0.1) is 4.48 Å². The minimum Gasteiger partial charge on any atom is -0.293 e. The molecule has 1 aliphatic heterocycles. The molecule has 0 bridgehead atoms. The molecule has 2 rings (SSSR count). The number of allylic oxidation sites excluding steroid dienone is 1. The molecule has 1 heterocycles. The number of hydrogen-bond acceptors (Lipinski definition) is 2. The van der Waals surface area contributed by atoms with E-state index in [0.717, 1.165) is 10.9 Å². The van der Waals surface area contributed by atoms with Gasteiger partial charge in [0.2, 0.25) is 0 Å². The molecule has 0 radical (unpaired) electrons. The van der Waals surface area contributed by atoms with Crippen LogP contribution in [-0.2, 0) is 4.79 Å². The van der Waals surface area contributed by atoms with Gasteiger partial charge in [-0.25, -0.2) is 0 Å². The Morgan fingerprint density at radius 2 is 2.17 bits per heavy atom. The zero-order chi connectivity index (χ0) is 8.55. The van der Waals surface area contributed by atoms with Gasteiger partial charge < -0.3 is 0 Å². The molecule has 2 aliphatic rings. The number of rotatable bonds is 0. The number of carbonyl (C=O) groups excluding carboxylic acids is 1. The number of Topliss-reactive ketones (excluding diaryl/α,β-unsaturated/α-hetero) is 1. The van der Waals surface area contributed by atoms with Gasteiger partial charge in [0.1, 0.15) is 0 Å². The van der Waals surface area contributed by atoms with Crippen molar-refractivity contribution in [3.63, 3.8) is 0 Å². The molecule has 2 atom stereocenters. The summed E-state index contributed by atoms with van der Waals surface area (Å²) in [6.07, 6.45) is 4.85. The second kappa shape index (κ2) is 3.54. The fourth-order valence-electron chi connectivity index (χ4n) is 1.94. The number of hydrogen-bond donors (Lipinski definition) is 0. The van der Waals surface area contributed by atoms with Crippen LogP contribution < -0.4 is 0 Å². The predicted molar refractivity (Wildman–Crippen MR) is 55.4 cm³/mol. The zero-order valence-corrected chi connectivity index (χ0v) is 9.16. The van der Waals surface area contributed by atoms with Gasteiger partial charge in [-0.05, 0) is 34.2 Å². The van der Waals surface area contributed by atoms with E-state index < -0.39 is 0 Å². The van der Waals surface area contributed by atoms with Crippen LogP contribution in [0.4, 0.5) is 0 Å². The van der Waals surface area contributed by atoms with Crippen LogP contribution in [-0.4, -0.2) is 11.0 Å². The lowest BCUT2D eigenvalue weighted by Gasteiger charge is -2.31. The van der Waals surface area contributed by atoms with Crippen molar-refractivity contribution in [1.29, 1.82) is 0 Å². The molecule has 1 fully saturated rings. The fraction of sp³-hybridized carbons (Fsp3) is 0.667. The molecule has 0 amide bonds. The van der Waals surface area contributed by atoms with Gasteiger partial charge in [-0.3, -0.25) is 4.79 Å². The van der Waals surface area contributed by atoms with E-state index in [1.165, 1.54) is 19.3 Å². The molecule has 1 nitrogen and oxygen atoms in total. The van der Waals surface area contributed by atoms with E-state index >= 15 is 0 Å². The van der Waals surface area contributed by atoms with Crippen LogP contribution in [0, 0.1) is 5.92 Å². The zero-order valence-electron chi connectivity index (χ0n) is 6.75. The molecule has 0 aromatic rings. The Hall–Kier alpha value is 0.240. The van der Waals surface area contributed by atoms with Gasteiger partial charge in [0.25, 0.3) is 0 Å². The number of ketones is 1.